The second-order valence-corrected chi connectivity index (χ2v) is 5.41. The van der Waals surface area contributed by atoms with Crippen molar-refractivity contribution in [2.75, 3.05) is 5.32 Å². The van der Waals surface area contributed by atoms with Crippen molar-refractivity contribution in [2.24, 2.45) is 0 Å². The maximum Gasteiger partial charge on any atom is 0.418 e. The number of cyclic esters (lactones) is 2. The van der Waals surface area contributed by atoms with Gasteiger partial charge in [0.25, 0.3) is 5.79 Å². The van der Waals surface area contributed by atoms with Gasteiger partial charge in [-0.1, -0.05) is 6.07 Å². The lowest BCUT2D eigenvalue weighted by Crippen LogP contribution is -2.42. The van der Waals surface area contributed by atoms with E-state index in [0.717, 1.165) is 12.1 Å². The lowest BCUT2D eigenvalue weighted by Gasteiger charge is -2.29. The number of alkyl halides is 3. The molecule has 2 N–H and O–H groups in total. The third kappa shape index (κ3) is 3.90. The average Bonchev–Trinajstić information content (AvgIpc) is 2.43. The molecule has 1 fully saturated rings. The number of hydrogen-bond acceptors (Lipinski definition) is 6. The Morgan fingerprint density at radius 1 is 1.20 bits per heavy atom. The zero-order chi connectivity index (χ0) is 19.0. The summed E-state index contributed by atoms with van der Waals surface area (Å²) in [5.41, 5.74) is -3.49. The van der Waals surface area contributed by atoms with Crippen molar-refractivity contribution in [3.05, 3.63) is 41.1 Å². The fourth-order valence-electron chi connectivity index (χ4n) is 2.05. The molecule has 0 aromatic heterocycles. The number of benzene rings is 1. The van der Waals surface area contributed by atoms with Gasteiger partial charge in [0.2, 0.25) is 0 Å². The number of esters is 2. The second-order valence-electron chi connectivity index (χ2n) is 5.41. The highest BCUT2D eigenvalue weighted by molar-refractivity contribution is 6.15. The highest BCUT2D eigenvalue weighted by Crippen LogP contribution is 2.37. The van der Waals surface area contributed by atoms with Crippen molar-refractivity contribution in [3.63, 3.8) is 0 Å². The molecule has 0 amide bonds. The van der Waals surface area contributed by atoms with E-state index in [9.17, 15) is 27.6 Å². The van der Waals surface area contributed by atoms with Gasteiger partial charge in [0.05, 0.1) is 16.8 Å². The minimum Gasteiger partial charge on any atom is -0.478 e. The van der Waals surface area contributed by atoms with Crippen molar-refractivity contribution in [2.45, 2.75) is 25.8 Å². The third-order valence-electron chi connectivity index (χ3n) is 3.08. The Bertz CT molecular complexity index is 760. The molecule has 1 aliphatic rings. The number of anilines is 1. The van der Waals surface area contributed by atoms with E-state index in [1.165, 1.54) is 13.8 Å². The monoisotopic (exact) mass is 359 g/mol. The van der Waals surface area contributed by atoms with Crippen molar-refractivity contribution in [1.29, 1.82) is 0 Å². The van der Waals surface area contributed by atoms with Gasteiger partial charge in [-0.3, -0.25) is 0 Å². The standard InChI is InChI=1S/C15H12F3NO6/c1-14(2)24-12(22)8(13(23)25-14)6-19-10-7(11(20)21)4-3-5-9(10)15(16,17)18/h3-6,19H,1-2H3,(H,20,21). The number of carbonyl (C=O) groups is 3. The molecule has 1 saturated heterocycles. The fourth-order valence-corrected chi connectivity index (χ4v) is 2.05. The van der Waals surface area contributed by atoms with Gasteiger partial charge in [0.15, 0.2) is 5.57 Å². The Labute approximate surface area is 139 Å². The number of hydrogen-bond donors (Lipinski definition) is 2. The number of carbonyl (C=O) groups excluding carboxylic acids is 2. The van der Waals surface area contributed by atoms with E-state index in [1.807, 2.05) is 0 Å². The van der Waals surface area contributed by atoms with Crippen LogP contribution in [0.2, 0.25) is 0 Å². The van der Waals surface area contributed by atoms with Crippen LogP contribution in [0.3, 0.4) is 0 Å². The molecule has 0 spiro atoms. The first-order valence-electron chi connectivity index (χ1n) is 6.79. The molecule has 0 bridgehead atoms. The summed E-state index contributed by atoms with van der Waals surface area (Å²) >= 11 is 0. The number of aromatic carboxylic acids is 1. The number of carboxylic acid groups (broad SMARTS) is 1. The van der Waals surface area contributed by atoms with Gasteiger partial charge in [0.1, 0.15) is 0 Å². The van der Waals surface area contributed by atoms with Gasteiger partial charge in [-0.15, -0.1) is 0 Å². The molecule has 1 aromatic carbocycles. The molecule has 0 saturated carbocycles. The summed E-state index contributed by atoms with van der Waals surface area (Å²) in [4.78, 5) is 34.7. The predicted molar refractivity (Wildman–Crippen MR) is 76.4 cm³/mol. The van der Waals surface area contributed by atoms with E-state index in [-0.39, 0.29) is 0 Å². The van der Waals surface area contributed by atoms with E-state index >= 15 is 0 Å². The molecule has 0 aliphatic carbocycles. The summed E-state index contributed by atoms with van der Waals surface area (Å²) < 4.78 is 48.8. The minimum absolute atomic E-state index is 0.622. The Morgan fingerprint density at radius 3 is 2.24 bits per heavy atom. The first-order valence-corrected chi connectivity index (χ1v) is 6.79. The first-order chi connectivity index (χ1) is 11.4. The molecule has 0 atom stereocenters. The van der Waals surface area contributed by atoms with E-state index in [0.29, 0.717) is 12.3 Å². The number of para-hydroxylation sites is 1. The fraction of sp³-hybridized carbons (Fsp3) is 0.267. The highest BCUT2D eigenvalue weighted by Gasteiger charge is 2.39. The molecule has 134 valence electrons. The molecule has 1 heterocycles. The Balaban J connectivity index is 2.45. The van der Waals surface area contributed by atoms with Crippen molar-refractivity contribution < 1.29 is 42.1 Å². The summed E-state index contributed by atoms with van der Waals surface area (Å²) in [6, 6.07) is 2.53. The SMILES string of the molecule is CC1(C)OC(=O)C(=CNc2c(C(=O)O)cccc2C(F)(F)F)C(=O)O1. The summed E-state index contributed by atoms with van der Waals surface area (Å²) in [6.45, 7) is 2.60. The Kier molecular flexibility index (Phi) is 4.47. The van der Waals surface area contributed by atoms with Gasteiger partial charge in [-0.25, -0.2) is 14.4 Å². The number of ether oxygens (including phenoxy) is 2. The lowest BCUT2D eigenvalue weighted by atomic mass is 10.1. The predicted octanol–water partition coefficient (Wildman–Crippen LogP) is 2.54. The van der Waals surface area contributed by atoms with E-state index in [4.69, 9.17) is 14.6 Å². The Morgan fingerprint density at radius 2 is 1.76 bits per heavy atom. The van der Waals surface area contributed by atoms with Crippen LogP contribution in [0.25, 0.3) is 0 Å². The number of nitrogens with one attached hydrogen (secondary N) is 1. The van der Waals surface area contributed by atoms with Gasteiger partial charge in [0, 0.05) is 20.0 Å². The molecule has 1 aromatic rings. The van der Waals surface area contributed by atoms with Gasteiger partial charge >= 0.3 is 24.1 Å². The Hall–Kier alpha value is -3.04. The normalized spacial score (nSPS) is 16.8. The molecule has 0 unspecified atom stereocenters. The van der Waals surface area contributed by atoms with Crippen LogP contribution >= 0.6 is 0 Å². The van der Waals surface area contributed by atoms with Crippen molar-refractivity contribution in [3.8, 4) is 0 Å². The minimum atomic E-state index is -4.86. The molecule has 10 heteroatoms. The van der Waals surface area contributed by atoms with Gasteiger partial charge < -0.3 is 19.9 Å². The number of rotatable bonds is 3. The lowest BCUT2D eigenvalue weighted by molar-refractivity contribution is -0.222. The average molecular weight is 359 g/mol. The topological polar surface area (TPSA) is 102 Å². The van der Waals surface area contributed by atoms with Crippen LogP contribution in [0.15, 0.2) is 30.0 Å². The molecular weight excluding hydrogens is 347 g/mol. The van der Waals surface area contributed by atoms with Gasteiger partial charge in [-0.2, -0.15) is 13.2 Å². The summed E-state index contributed by atoms with van der Waals surface area (Å²) in [6.07, 6.45) is -4.24. The maximum atomic E-state index is 13.1. The molecule has 25 heavy (non-hydrogen) atoms. The molecular formula is C15H12F3NO6. The smallest absolute Gasteiger partial charge is 0.418 e. The van der Waals surface area contributed by atoms with Crippen LogP contribution in [-0.2, 0) is 25.2 Å². The quantitative estimate of drug-likeness (QED) is 0.486. The van der Waals surface area contributed by atoms with Crippen LogP contribution in [0, 0.1) is 0 Å². The summed E-state index contributed by atoms with van der Waals surface area (Å²) in [5, 5.41) is 11.1. The number of halogens is 3. The summed E-state index contributed by atoms with van der Waals surface area (Å²) in [5.74, 6) is -5.37. The summed E-state index contributed by atoms with van der Waals surface area (Å²) in [7, 11) is 0. The van der Waals surface area contributed by atoms with E-state index in [2.05, 4.69) is 5.32 Å². The zero-order valence-electron chi connectivity index (χ0n) is 12.9. The first kappa shape index (κ1) is 18.3. The molecule has 1 aliphatic heterocycles. The van der Waals surface area contributed by atoms with E-state index in [1.54, 1.807) is 0 Å². The van der Waals surface area contributed by atoms with Crippen molar-refractivity contribution in [1.82, 2.24) is 0 Å². The van der Waals surface area contributed by atoms with E-state index < -0.39 is 52.3 Å². The zero-order valence-corrected chi connectivity index (χ0v) is 12.9. The van der Waals surface area contributed by atoms with Crippen molar-refractivity contribution >= 4 is 23.6 Å². The van der Waals surface area contributed by atoms with Crippen LogP contribution < -0.4 is 5.32 Å². The van der Waals surface area contributed by atoms with Crippen LogP contribution in [-0.4, -0.2) is 28.8 Å². The van der Waals surface area contributed by atoms with Gasteiger partial charge in [-0.05, 0) is 12.1 Å². The maximum absolute atomic E-state index is 13.1. The molecule has 0 radical (unpaired) electrons. The number of carboxylic acids is 1. The van der Waals surface area contributed by atoms with Crippen LogP contribution in [0.1, 0.15) is 29.8 Å². The largest absolute Gasteiger partial charge is 0.478 e. The molecule has 7 nitrogen and oxygen atoms in total. The van der Waals surface area contributed by atoms with Crippen LogP contribution in [0.4, 0.5) is 18.9 Å². The molecule has 2 rings (SSSR count). The third-order valence-corrected chi connectivity index (χ3v) is 3.08. The second kappa shape index (κ2) is 6.11. The highest BCUT2D eigenvalue weighted by atomic mass is 19.4. The van der Waals surface area contributed by atoms with Crippen LogP contribution in [0.5, 0.6) is 0 Å².